The number of hydrogen-bond donors (Lipinski definition) is 0. The molecule has 9 rings (SSSR count). The Labute approximate surface area is 292 Å². The van der Waals surface area contributed by atoms with Gasteiger partial charge in [-0.3, -0.25) is 0 Å². The Balaban J connectivity index is 1.21. The second-order valence-corrected chi connectivity index (χ2v) is 12.6. The monoisotopic (exact) mass is 638 g/mol. The van der Waals surface area contributed by atoms with Gasteiger partial charge in [0.1, 0.15) is 0 Å². The number of aromatic nitrogens is 1. The summed E-state index contributed by atoms with van der Waals surface area (Å²) < 4.78 is 2.37. The Bertz CT molecular complexity index is 2550. The van der Waals surface area contributed by atoms with Crippen molar-refractivity contribution in [3.05, 3.63) is 206 Å². The van der Waals surface area contributed by atoms with Gasteiger partial charge in [0.05, 0.1) is 11.0 Å². The van der Waals surface area contributed by atoms with Crippen LogP contribution in [-0.2, 0) is 0 Å². The highest BCUT2D eigenvalue weighted by molar-refractivity contribution is 6.11. The molecule has 50 heavy (non-hydrogen) atoms. The molecule has 1 aromatic heterocycles. The van der Waals surface area contributed by atoms with Gasteiger partial charge in [-0.25, -0.2) is 0 Å². The molecule has 0 saturated carbocycles. The van der Waals surface area contributed by atoms with Crippen molar-refractivity contribution >= 4 is 38.9 Å². The number of anilines is 3. The number of fused-ring (bicyclic) bond motifs is 3. The molecule has 8 aromatic carbocycles. The largest absolute Gasteiger partial charge is 0.310 e. The summed E-state index contributed by atoms with van der Waals surface area (Å²) in [4.78, 5) is 2.35. The van der Waals surface area contributed by atoms with Crippen LogP contribution in [-0.4, -0.2) is 4.57 Å². The van der Waals surface area contributed by atoms with Crippen LogP contribution >= 0.6 is 0 Å². The predicted molar refractivity (Wildman–Crippen MR) is 212 cm³/mol. The Morgan fingerprint density at radius 1 is 0.300 bits per heavy atom. The van der Waals surface area contributed by atoms with Gasteiger partial charge in [-0.15, -0.1) is 0 Å². The fourth-order valence-electron chi connectivity index (χ4n) is 7.23. The highest BCUT2D eigenvalue weighted by atomic mass is 15.1. The van der Waals surface area contributed by atoms with Crippen LogP contribution in [0, 0.1) is 0 Å². The van der Waals surface area contributed by atoms with Gasteiger partial charge in [-0.05, 0) is 100 Å². The molecule has 0 saturated heterocycles. The maximum atomic E-state index is 2.37. The Morgan fingerprint density at radius 2 is 0.820 bits per heavy atom. The first-order chi connectivity index (χ1) is 24.8. The number of benzene rings is 8. The lowest BCUT2D eigenvalue weighted by molar-refractivity contribution is 1.18. The quantitative estimate of drug-likeness (QED) is 0.169. The third kappa shape index (κ3) is 5.34. The number of hydrogen-bond acceptors (Lipinski definition) is 1. The minimum absolute atomic E-state index is 1.10. The summed E-state index contributed by atoms with van der Waals surface area (Å²) in [5.41, 5.74) is 14.1. The fraction of sp³-hybridized carbons (Fsp3) is 0. The van der Waals surface area contributed by atoms with Crippen LogP contribution in [0.2, 0.25) is 0 Å². The lowest BCUT2D eigenvalue weighted by atomic mass is 9.92. The molecule has 0 atom stereocenters. The summed E-state index contributed by atoms with van der Waals surface area (Å²) in [5, 5.41) is 2.50. The van der Waals surface area contributed by atoms with E-state index in [4.69, 9.17) is 0 Å². The van der Waals surface area contributed by atoms with Crippen LogP contribution in [0.5, 0.6) is 0 Å². The topological polar surface area (TPSA) is 8.17 Å². The zero-order valence-corrected chi connectivity index (χ0v) is 27.5. The van der Waals surface area contributed by atoms with Crippen LogP contribution < -0.4 is 4.90 Å². The minimum atomic E-state index is 1.10. The SMILES string of the molecule is c1ccc(-c2ccc(N(c3ccccc3)c3ccc(-c4ccc5c(c4)c4ccccc4n5-c4ccccc4)c(-c4ccccc4)c3)cc2)cc1. The van der Waals surface area contributed by atoms with Crippen LogP contribution in [0.15, 0.2) is 206 Å². The van der Waals surface area contributed by atoms with Crippen LogP contribution in [0.25, 0.3) is 60.9 Å². The van der Waals surface area contributed by atoms with Crippen LogP contribution in [0.4, 0.5) is 17.1 Å². The first-order valence-electron chi connectivity index (χ1n) is 17.1. The van der Waals surface area contributed by atoms with Gasteiger partial charge in [-0.2, -0.15) is 0 Å². The zero-order chi connectivity index (χ0) is 33.3. The van der Waals surface area contributed by atoms with Crippen molar-refractivity contribution in [1.82, 2.24) is 4.57 Å². The lowest BCUT2D eigenvalue weighted by Gasteiger charge is -2.27. The average molecular weight is 639 g/mol. The zero-order valence-electron chi connectivity index (χ0n) is 27.5. The Kier molecular flexibility index (Phi) is 7.53. The van der Waals surface area contributed by atoms with E-state index in [1.165, 1.54) is 60.9 Å². The highest BCUT2D eigenvalue weighted by Crippen LogP contribution is 2.42. The van der Waals surface area contributed by atoms with Gasteiger partial charge in [0, 0.05) is 33.5 Å². The third-order valence-electron chi connectivity index (χ3n) is 9.59. The van der Waals surface area contributed by atoms with Gasteiger partial charge in [0.15, 0.2) is 0 Å². The van der Waals surface area contributed by atoms with E-state index in [0.29, 0.717) is 0 Å². The summed E-state index contributed by atoms with van der Waals surface area (Å²) in [7, 11) is 0. The molecule has 236 valence electrons. The Morgan fingerprint density at radius 3 is 1.54 bits per heavy atom. The van der Waals surface area contributed by atoms with Gasteiger partial charge >= 0.3 is 0 Å². The molecular weight excluding hydrogens is 605 g/mol. The van der Waals surface area contributed by atoms with Crippen LogP contribution in [0.1, 0.15) is 0 Å². The van der Waals surface area contributed by atoms with E-state index in [1.54, 1.807) is 0 Å². The standard InChI is InChI=1S/C48H34N2/c1-5-15-35(16-6-1)36-25-28-41(29-26-36)49(39-19-9-3-10-20-39)42-30-31-43(45(34-42)37-17-7-2-8-18-37)38-27-32-48-46(33-38)44-23-13-14-24-47(44)50(48)40-21-11-4-12-22-40/h1-34H. The number of rotatable bonds is 7. The summed E-state index contributed by atoms with van der Waals surface area (Å²) in [5.74, 6) is 0. The maximum absolute atomic E-state index is 2.37. The minimum Gasteiger partial charge on any atom is -0.310 e. The predicted octanol–water partition coefficient (Wildman–Crippen LogP) is 13.3. The van der Waals surface area contributed by atoms with Crippen molar-refractivity contribution in [3.63, 3.8) is 0 Å². The summed E-state index contributed by atoms with van der Waals surface area (Å²) in [6, 6.07) is 74.0. The molecule has 0 amide bonds. The van der Waals surface area contributed by atoms with Crippen molar-refractivity contribution in [1.29, 1.82) is 0 Å². The summed E-state index contributed by atoms with van der Waals surface area (Å²) in [6.07, 6.45) is 0. The van der Waals surface area contributed by atoms with E-state index in [0.717, 1.165) is 17.1 Å². The first kappa shape index (κ1) is 29.5. The molecule has 0 spiro atoms. The molecule has 0 fully saturated rings. The maximum Gasteiger partial charge on any atom is 0.0541 e. The molecule has 2 heteroatoms. The van der Waals surface area contributed by atoms with Crippen molar-refractivity contribution in [3.8, 4) is 39.1 Å². The number of para-hydroxylation sites is 3. The third-order valence-corrected chi connectivity index (χ3v) is 9.59. The Hall–Kier alpha value is -6.64. The average Bonchev–Trinajstić information content (AvgIpc) is 3.53. The van der Waals surface area contributed by atoms with Crippen molar-refractivity contribution in [2.45, 2.75) is 0 Å². The van der Waals surface area contributed by atoms with Gasteiger partial charge in [-0.1, -0.05) is 140 Å². The second kappa shape index (κ2) is 12.8. The fourth-order valence-corrected chi connectivity index (χ4v) is 7.23. The van der Waals surface area contributed by atoms with E-state index in [-0.39, 0.29) is 0 Å². The van der Waals surface area contributed by atoms with E-state index in [9.17, 15) is 0 Å². The van der Waals surface area contributed by atoms with E-state index >= 15 is 0 Å². The molecule has 0 aliphatic carbocycles. The molecule has 2 nitrogen and oxygen atoms in total. The van der Waals surface area contributed by atoms with Gasteiger partial charge < -0.3 is 9.47 Å². The van der Waals surface area contributed by atoms with Gasteiger partial charge in [0.2, 0.25) is 0 Å². The molecule has 0 aliphatic heterocycles. The second-order valence-electron chi connectivity index (χ2n) is 12.6. The van der Waals surface area contributed by atoms with Crippen LogP contribution in [0.3, 0.4) is 0 Å². The van der Waals surface area contributed by atoms with Crippen molar-refractivity contribution < 1.29 is 0 Å². The molecule has 0 bridgehead atoms. The molecule has 0 unspecified atom stereocenters. The molecule has 9 aromatic rings. The van der Waals surface area contributed by atoms with E-state index < -0.39 is 0 Å². The molecule has 0 radical (unpaired) electrons. The molecular formula is C48H34N2. The molecule has 0 aliphatic rings. The molecule has 1 heterocycles. The normalized spacial score (nSPS) is 11.2. The van der Waals surface area contributed by atoms with E-state index in [2.05, 4.69) is 216 Å². The summed E-state index contributed by atoms with van der Waals surface area (Å²) >= 11 is 0. The van der Waals surface area contributed by atoms with Crippen molar-refractivity contribution in [2.75, 3.05) is 4.90 Å². The summed E-state index contributed by atoms with van der Waals surface area (Å²) in [6.45, 7) is 0. The highest BCUT2D eigenvalue weighted by Gasteiger charge is 2.18. The molecule has 0 N–H and O–H groups in total. The van der Waals surface area contributed by atoms with E-state index in [1.807, 2.05) is 0 Å². The smallest absolute Gasteiger partial charge is 0.0541 e. The lowest BCUT2D eigenvalue weighted by Crippen LogP contribution is -2.10. The van der Waals surface area contributed by atoms with Gasteiger partial charge in [0.25, 0.3) is 0 Å². The number of nitrogens with zero attached hydrogens (tertiary/aromatic N) is 2. The van der Waals surface area contributed by atoms with Crippen molar-refractivity contribution in [2.24, 2.45) is 0 Å². The first-order valence-corrected chi connectivity index (χ1v) is 17.1.